The van der Waals surface area contributed by atoms with Gasteiger partial charge in [0.05, 0.1) is 22.2 Å². The highest BCUT2D eigenvalue weighted by atomic mass is 16.4. The molecule has 1 aliphatic heterocycles. The summed E-state index contributed by atoms with van der Waals surface area (Å²) >= 11 is 0. The van der Waals surface area contributed by atoms with Gasteiger partial charge < -0.3 is 10.0 Å². The monoisotopic (exact) mass is 370 g/mol. The number of fused-ring (bicyclic) bond motifs is 1. The summed E-state index contributed by atoms with van der Waals surface area (Å²) in [6, 6.07) is 1.13. The molecule has 2 fully saturated rings. The zero-order chi connectivity index (χ0) is 19.5. The fraction of sp³-hybridized carbons (Fsp3) is 0.600. The molecule has 0 spiro atoms. The lowest BCUT2D eigenvalue weighted by atomic mass is 10.0. The number of aromatic nitrogens is 3. The van der Waals surface area contributed by atoms with Crippen molar-refractivity contribution in [2.45, 2.75) is 70.9 Å². The number of nitrogens with zero attached hydrogens (tertiary/aromatic N) is 4. The van der Waals surface area contributed by atoms with Gasteiger partial charge in [-0.05, 0) is 59.4 Å². The molecule has 0 unspecified atom stereocenters. The lowest BCUT2D eigenvalue weighted by Gasteiger charge is -2.23. The average Bonchev–Trinajstić information content (AvgIpc) is 3.21. The van der Waals surface area contributed by atoms with Crippen LogP contribution in [0.15, 0.2) is 6.07 Å². The summed E-state index contributed by atoms with van der Waals surface area (Å²) in [4.78, 5) is 31.3. The van der Waals surface area contributed by atoms with E-state index < -0.39 is 12.0 Å². The van der Waals surface area contributed by atoms with Crippen molar-refractivity contribution in [3.63, 3.8) is 0 Å². The van der Waals surface area contributed by atoms with E-state index in [2.05, 4.69) is 25.9 Å². The van der Waals surface area contributed by atoms with Crippen LogP contribution >= 0.6 is 0 Å². The van der Waals surface area contributed by atoms with E-state index in [1.54, 1.807) is 0 Å². The van der Waals surface area contributed by atoms with Crippen molar-refractivity contribution in [1.82, 2.24) is 19.7 Å². The number of likely N-dealkylation sites (tertiary alicyclic amines) is 1. The van der Waals surface area contributed by atoms with Crippen molar-refractivity contribution < 1.29 is 14.7 Å². The fourth-order valence-corrected chi connectivity index (χ4v) is 3.95. The maximum atomic E-state index is 13.4. The number of carbonyl (C=O) groups is 2. The Morgan fingerprint density at radius 1 is 1.22 bits per heavy atom. The first-order valence-electron chi connectivity index (χ1n) is 9.63. The van der Waals surface area contributed by atoms with Crippen molar-refractivity contribution in [3.8, 4) is 0 Å². The molecule has 3 heterocycles. The molecule has 2 aromatic rings. The smallest absolute Gasteiger partial charge is 0.326 e. The Morgan fingerprint density at radius 2 is 1.93 bits per heavy atom. The number of amides is 1. The third kappa shape index (κ3) is 2.99. The summed E-state index contributed by atoms with van der Waals surface area (Å²) in [6.07, 6.45) is 3.38. The molecule has 7 heteroatoms. The van der Waals surface area contributed by atoms with E-state index in [9.17, 15) is 14.7 Å². The molecule has 2 aromatic heterocycles. The molecule has 4 rings (SSSR count). The normalized spacial score (nSPS) is 20.4. The number of carboxylic acid groups (broad SMARTS) is 1. The molecule has 144 valence electrons. The minimum atomic E-state index is -0.935. The van der Waals surface area contributed by atoms with Crippen LogP contribution in [0.4, 0.5) is 0 Å². The molecule has 2 aliphatic rings. The van der Waals surface area contributed by atoms with Gasteiger partial charge in [-0.1, -0.05) is 0 Å². The number of aliphatic carboxylic acids is 1. The topological polar surface area (TPSA) is 88.3 Å². The number of carboxylic acids is 1. The van der Waals surface area contributed by atoms with E-state index in [-0.39, 0.29) is 11.4 Å². The molecule has 1 N–H and O–H groups in total. The van der Waals surface area contributed by atoms with Gasteiger partial charge in [0.1, 0.15) is 6.04 Å². The Labute approximate surface area is 158 Å². The van der Waals surface area contributed by atoms with Gasteiger partial charge in [-0.15, -0.1) is 0 Å². The molecular weight excluding hydrogens is 344 g/mol. The Bertz CT molecular complexity index is 937. The molecule has 1 amide bonds. The van der Waals surface area contributed by atoms with Crippen molar-refractivity contribution in [3.05, 3.63) is 23.0 Å². The third-order valence-electron chi connectivity index (χ3n) is 5.49. The second-order valence-corrected chi connectivity index (χ2v) is 8.73. The first-order valence-corrected chi connectivity index (χ1v) is 9.63. The van der Waals surface area contributed by atoms with Gasteiger partial charge in [-0.25, -0.2) is 14.5 Å². The van der Waals surface area contributed by atoms with Crippen LogP contribution in [0.3, 0.4) is 0 Å². The van der Waals surface area contributed by atoms with Crippen molar-refractivity contribution in [2.75, 3.05) is 6.54 Å². The quantitative estimate of drug-likeness (QED) is 0.897. The van der Waals surface area contributed by atoms with Crippen LogP contribution in [0.25, 0.3) is 11.0 Å². The molecule has 1 saturated carbocycles. The van der Waals surface area contributed by atoms with Crippen LogP contribution in [0.2, 0.25) is 0 Å². The highest BCUT2D eigenvalue weighted by molar-refractivity contribution is 6.07. The van der Waals surface area contributed by atoms with Crippen molar-refractivity contribution >= 4 is 22.9 Å². The van der Waals surface area contributed by atoms with E-state index in [1.807, 2.05) is 17.7 Å². The van der Waals surface area contributed by atoms with E-state index >= 15 is 0 Å². The van der Waals surface area contributed by atoms with Gasteiger partial charge in [0.15, 0.2) is 5.65 Å². The van der Waals surface area contributed by atoms with Gasteiger partial charge in [0, 0.05) is 18.2 Å². The minimum Gasteiger partial charge on any atom is -0.480 e. The number of hydrogen-bond donors (Lipinski definition) is 1. The van der Waals surface area contributed by atoms with Crippen LogP contribution in [0, 0.1) is 6.92 Å². The minimum absolute atomic E-state index is 0.217. The molecule has 27 heavy (non-hydrogen) atoms. The molecule has 1 atom stereocenters. The summed E-state index contributed by atoms with van der Waals surface area (Å²) in [5.74, 6) is -0.764. The van der Waals surface area contributed by atoms with Crippen LogP contribution in [0.5, 0.6) is 0 Å². The standard InChI is InChI=1S/C20H26N4O3/c1-11-16-13(18(25)23-9-5-6-15(23)19(26)27)10-14(12-7-8-12)21-17(16)24(22-11)20(2,3)4/h10,12,15H,5-9H2,1-4H3,(H,26,27)/t15-/m0/s1. The zero-order valence-electron chi connectivity index (χ0n) is 16.3. The molecular formula is C20H26N4O3. The summed E-state index contributed by atoms with van der Waals surface area (Å²) in [7, 11) is 0. The largest absolute Gasteiger partial charge is 0.480 e. The third-order valence-corrected chi connectivity index (χ3v) is 5.49. The van der Waals surface area contributed by atoms with E-state index in [1.165, 1.54) is 4.90 Å². The van der Waals surface area contributed by atoms with Gasteiger partial charge >= 0.3 is 5.97 Å². The average molecular weight is 370 g/mol. The Balaban J connectivity index is 1.90. The number of rotatable bonds is 3. The predicted octanol–water partition coefficient (Wildman–Crippen LogP) is 3.06. The van der Waals surface area contributed by atoms with E-state index in [4.69, 9.17) is 4.98 Å². The molecule has 0 aromatic carbocycles. The summed E-state index contributed by atoms with van der Waals surface area (Å²) in [5.41, 5.74) is 2.67. The van der Waals surface area contributed by atoms with Gasteiger partial charge in [0.2, 0.25) is 0 Å². The predicted molar refractivity (Wildman–Crippen MR) is 101 cm³/mol. The maximum Gasteiger partial charge on any atom is 0.326 e. The van der Waals surface area contributed by atoms with Crippen LogP contribution in [-0.4, -0.2) is 49.2 Å². The summed E-state index contributed by atoms with van der Waals surface area (Å²) in [5, 5.41) is 14.9. The Kier molecular flexibility index (Phi) is 4.01. The number of aryl methyl sites for hydroxylation is 1. The second-order valence-electron chi connectivity index (χ2n) is 8.73. The molecule has 7 nitrogen and oxygen atoms in total. The summed E-state index contributed by atoms with van der Waals surface area (Å²) in [6.45, 7) is 8.55. The van der Waals surface area contributed by atoms with Gasteiger partial charge in [-0.3, -0.25) is 4.79 Å². The van der Waals surface area contributed by atoms with Crippen LogP contribution in [-0.2, 0) is 10.3 Å². The molecule has 0 radical (unpaired) electrons. The van der Waals surface area contributed by atoms with E-state index in [0.29, 0.717) is 30.9 Å². The first kappa shape index (κ1) is 17.9. The molecule has 1 aliphatic carbocycles. The highest BCUT2D eigenvalue weighted by Gasteiger charge is 2.37. The van der Waals surface area contributed by atoms with E-state index in [0.717, 1.165) is 35.3 Å². The summed E-state index contributed by atoms with van der Waals surface area (Å²) < 4.78 is 1.89. The van der Waals surface area contributed by atoms with Crippen molar-refractivity contribution in [1.29, 1.82) is 0 Å². The second kappa shape index (κ2) is 6.04. The lowest BCUT2D eigenvalue weighted by Crippen LogP contribution is -2.40. The van der Waals surface area contributed by atoms with Crippen LogP contribution in [0.1, 0.15) is 74.1 Å². The number of hydrogen-bond acceptors (Lipinski definition) is 4. The molecule has 0 bridgehead atoms. The molecule has 1 saturated heterocycles. The maximum absolute atomic E-state index is 13.4. The SMILES string of the molecule is Cc1nn(C(C)(C)C)c2nc(C3CC3)cc(C(=O)N3CCC[C@H]3C(=O)O)c12. The van der Waals surface area contributed by atoms with Gasteiger partial charge in [0.25, 0.3) is 5.91 Å². The number of pyridine rings is 1. The fourth-order valence-electron chi connectivity index (χ4n) is 3.95. The number of carbonyl (C=O) groups excluding carboxylic acids is 1. The first-order chi connectivity index (χ1) is 12.7. The zero-order valence-corrected chi connectivity index (χ0v) is 16.3. The highest BCUT2D eigenvalue weighted by Crippen LogP contribution is 2.41. The van der Waals surface area contributed by atoms with Crippen LogP contribution < -0.4 is 0 Å². The Morgan fingerprint density at radius 3 is 2.52 bits per heavy atom. The van der Waals surface area contributed by atoms with Crippen molar-refractivity contribution in [2.24, 2.45) is 0 Å². The Hall–Kier alpha value is -2.44. The van der Waals surface area contributed by atoms with Gasteiger partial charge in [-0.2, -0.15) is 5.10 Å². The lowest BCUT2D eigenvalue weighted by molar-refractivity contribution is -0.141.